The Hall–Kier alpha value is -1.68. The summed E-state index contributed by atoms with van der Waals surface area (Å²) in [6.45, 7) is 2.66. The molecule has 0 amide bonds. The quantitative estimate of drug-likeness (QED) is 0.637. The van der Waals surface area contributed by atoms with Gasteiger partial charge >= 0.3 is 0 Å². The minimum absolute atomic E-state index is 0.0661. The first-order valence-electron chi connectivity index (χ1n) is 6.94. The zero-order chi connectivity index (χ0) is 13.2. The van der Waals surface area contributed by atoms with Gasteiger partial charge in [0.15, 0.2) is 5.78 Å². The number of pyridine rings is 1. The highest BCUT2D eigenvalue weighted by atomic mass is 16.1. The summed E-state index contributed by atoms with van der Waals surface area (Å²) in [7, 11) is 0. The third-order valence-corrected chi connectivity index (χ3v) is 3.61. The van der Waals surface area contributed by atoms with Crippen LogP contribution in [0.25, 0.3) is 5.52 Å². The molecule has 0 radical (unpaired) electrons. The molecule has 0 spiro atoms. The zero-order valence-corrected chi connectivity index (χ0v) is 11.2. The Morgan fingerprint density at radius 3 is 3.05 bits per heavy atom. The minimum atomic E-state index is 0.0661. The molecule has 100 valence electrons. The SMILES string of the molecule is CC(=O)c1cnn2cc(CCCNC3CC3)ccc12. The smallest absolute Gasteiger partial charge is 0.163 e. The second kappa shape index (κ2) is 5.13. The summed E-state index contributed by atoms with van der Waals surface area (Å²) in [5, 5.41) is 7.76. The molecule has 0 atom stereocenters. The first kappa shape index (κ1) is 12.4. The van der Waals surface area contributed by atoms with Gasteiger partial charge in [-0.3, -0.25) is 4.79 Å². The number of rotatable bonds is 6. The molecule has 4 nitrogen and oxygen atoms in total. The van der Waals surface area contributed by atoms with Crippen LogP contribution in [0.4, 0.5) is 0 Å². The minimum Gasteiger partial charge on any atom is -0.314 e. The molecule has 2 heterocycles. The van der Waals surface area contributed by atoms with Crippen molar-refractivity contribution >= 4 is 11.3 Å². The average molecular weight is 257 g/mol. The van der Waals surface area contributed by atoms with E-state index in [2.05, 4.69) is 16.5 Å². The highest BCUT2D eigenvalue weighted by Gasteiger charge is 2.19. The zero-order valence-electron chi connectivity index (χ0n) is 11.2. The van der Waals surface area contributed by atoms with Crippen LogP contribution >= 0.6 is 0 Å². The van der Waals surface area contributed by atoms with E-state index in [0.717, 1.165) is 30.9 Å². The highest BCUT2D eigenvalue weighted by Crippen LogP contribution is 2.18. The molecule has 0 aromatic carbocycles. The van der Waals surface area contributed by atoms with Gasteiger partial charge in [0.1, 0.15) is 0 Å². The number of nitrogens with one attached hydrogen (secondary N) is 1. The van der Waals surface area contributed by atoms with Gasteiger partial charge in [-0.25, -0.2) is 4.52 Å². The van der Waals surface area contributed by atoms with Crippen molar-refractivity contribution in [3.8, 4) is 0 Å². The van der Waals surface area contributed by atoms with Gasteiger partial charge in [0, 0.05) is 12.2 Å². The Kier molecular flexibility index (Phi) is 3.34. The van der Waals surface area contributed by atoms with Crippen molar-refractivity contribution in [2.75, 3.05) is 6.54 Å². The van der Waals surface area contributed by atoms with Gasteiger partial charge in [0.2, 0.25) is 0 Å². The van der Waals surface area contributed by atoms with E-state index >= 15 is 0 Å². The maximum atomic E-state index is 11.4. The first-order chi connectivity index (χ1) is 9.24. The van der Waals surface area contributed by atoms with Crippen molar-refractivity contribution in [2.24, 2.45) is 0 Å². The lowest BCUT2D eigenvalue weighted by Gasteiger charge is -2.04. The van der Waals surface area contributed by atoms with Crippen LogP contribution in [0, 0.1) is 0 Å². The Labute approximate surface area is 112 Å². The number of hydrogen-bond acceptors (Lipinski definition) is 3. The number of carbonyl (C=O) groups is 1. The molecule has 2 aromatic heterocycles. The maximum Gasteiger partial charge on any atom is 0.163 e. The number of carbonyl (C=O) groups excluding carboxylic acids is 1. The number of nitrogens with zero attached hydrogens (tertiary/aromatic N) is 2. The van der Waals surface area contributed by atoms with Gasteiger partial charge in [-0.15, -0.1) is 0 Å². The van der Waals surface area contributed by atoms with Crippen molar-refractivity contribution < 1.29 is 4.79 Å². The Morgan fingerprint density at radius 2 is 2.32 bits per heavy atom. The van der Waals surface area contributed by atoms with Gasteiger partial charge in [-0.1, -0.05) is 6.07 Å². The lowest BCUT2D eigenvalue weighted by Crippen LogP contribution is -2.17. The summed E-state index contributed by atoms with van der Waals surface area (Å²) >= 11 is 0. The summed E-state index contributed by atoms with van der Waals surface area (Å²) in [4.78, 5) is 11.4. The van der Waals surface area contributed by atoms with Crippen LogP contribution in [0.2, 0.25) is 0 Å². The number of Topliss-reactive ketones (excluding diaryl/α,β-unsaturated/α-hetero) is 1. The molecule has 1 N–H and O–H groups in total. The van der Waals surface area contributed by atoms with Gasteiger partial charge < -0.3 is 5.32 Å². The van der Waals surface area contributed by atoms with E-state index in [-0.39, 0.29) is 5.78 Å². The molecule has 3 rings (SSSR count). The molecule has 2 aromatic rings. The second-order valence-corrected chi connectivity index (χ2v) is 5.31. The van der Waals surface area contributed by atoms with E-state index in [0.29, 0.717) is 5.56 Å². The van der Waals surface area contributed by atoms with E-state index < -0.39 is 0 Å². The fourth-order valence-electron chi connectivity index (χ4n) is 2.33. The summed E-state index contributed by atoms with van der Waals surface area (Å²) in [5.41, 5.74) is 2.86. The van der Waals surface area contributed by atoms with E-state index in [9.17, 15) is 4.79 Å². The fraction of sp³-hybridized carbons (Fsp3) is 0.467. The molecule has 0 unspecified atom stereocenters. The maximum absolute atomic E-state index is 11.4. The predicted octanol–water partition coefficient (Wildman–Crippen LogP) is 2.22. The van der Waals surface area contributed by atoms with E-state index in [1.165, 1.54) is 18.4 Å². The monoisotopic (exact) mass is 257 g/mol. The lowest BCUT2D eigenvalue weighted by molar-refractivity contribution is 0.101. The number of fused-ring (bicyclic) bond motifs is 1. The highest BCUT2D eigenvalue weighted by molar-refractivity contribution is 6.00. The normalized spacial score (nSPS) is 15.0. The van der Waals surface area contributed by atoms with Crippen LogP contribution in [-0.4, -0.2) is 28.0 Å². The molecular weight excluding hydrogens is 238 g/mol. The third-order valence-electron chi connectivity index (χ3n) is 3.61. The van der Waals surface area contributed by atoms with Crippen LogP contribution in [0.3, 0.4) is 0 Å². The second-order valence-electron chi connectivity index (χ2n) is 5.31. The summed E-state index contributed by atoms with van der Waals surface area (Å²) < 4.78 is 1.81. The lowest BCUT2D eigenvalue weighted by atomic mass is 10.1. The van der Waals surface area contributed by atoms with Crippen molar-refractivity contribution in [1.29, 1.82) is 0 Å². The molecule has 1 fully saturated rings. The molecule has 1 aliphatic rings. The molecule has 0 bridgehead atoms. The Morgan fingerprint density at radius 1 is 1.47 bits per heavy atom. The molecule has 1 aliphatic carbocycles. The molecule has 0 saturated heterocycles. The van der Waals surface area contributed by atoms with E-state index in [4.69, 9.17) is 0 Å². The van der Waals surface area contributed by atoms with Gasteiger partial charge in [0.05, 0.1) is 17.3 Å². The van der Waals surface area contributed by atoms with Crippen molar-refractivity contribution in [1.82, 2.24) is 14.9 Å². The van der Waals surface area contributed by atoms with Gasteiger partial charge in [-0.2, -0.15) is 5.10 Å². The standard InChI is InChI=1S/C15H19N3O/c1-11(19)14-9-17-18-10-12(4-7-15(14)18)3-2-8-16-13-5-6-13/h4,7,9-10,13,16H,2-3,5-6,8H2,1H3. The number of hydrogen-bond donors (Lipinski definition) is 1. The summed E-state index contributed by atoms with van der Waals surface area (Å²) in [6.07, 6.45) is 8.54. The molecule has 1 saturated carbocycles. The van der Waals surface area contributed by atoms with Crippen molar-refractivity contribution in [3.63, 3.8) is 0 Å². The van der Waals surface area contributed by atoms with E-state index in [1.54, 1.807) is 17.6 Å². The number of aromatic nitrogens is 2. The van der Waals surface area contributed by atoms with Crippen molar-refractivity contribution in [3.05, 3.63) is 35.7 Å². The van der Waals surface area contributed by atoms with Crippen LogP contribution in [0.5, 0.6) is 0 Å². The number of aryl methyl sites for hydroxylation is 1. The third kappa shape index (κ3) is 2.84. The van der Waals surface area contributed by atoms with Crippen LogP contribution in [-0.2, 0) is 6.42 Å². The van der Waals surface area contributed by atoms with Gasteiger partial charge in [0.25, 0.3) is 0 Å². The van der Waals surface area contributed by atoms with Crippen molar-refractivity contribution in [2.45, 2.75) is 38.6 Å². The topological polar surface area (TPSA) is 46.4 Å². The average Bonchev–Trinajstić information content (AvgIpc) is 3.12. The largest absolute Gasteiger partial charge is 0.314 e. The van der Waals surface area contributed by atoms with E-state index in [1.807, 2.05) is 12.3 Å². The summed E-state index contributed by atoms with van der Waals surface area (Å²) in [6, 6.07) is 4.88. The molecular formula is C15H19N3O. The van der Waals surface area contributed by atoms with Crippen LogP contribution in [0.15, 0.2) is 24.5 Å². The molecule has 19 heavy (non-hydrogen) atoms. The summed E-state index contributed by atoms with van der Waals surface area (Å²) in [5.74, 6) is 0.0661. The Bertz CT molecular complexity index is 598. The predicted molar refractivity (Wildman–Crippen MR) is 74.5 cm³/mol. The van der Waals surface area contributed by atoms with Crippen LogP contribution < -0.4 is 5.32 Å². The number of ketones is 1. The Balaban J connectivity index is 1.65. The van der Waals surface area contributed by atoms with Crippen LogP contribution in [0.1, 0.15) is 42.1 Å². The fourth-order valence-corrected chi connectivity index (χ4v) is 2.33. The van der Waals surface area contributed by atoms with Gasteiger partial charge in [-0.05, 0) is 50.8 Å². The molecule has 4 heteroatoms. The molecule has 0 aliphatic heterocycles. The first-order valence-corrected chi connectivity index (χ1v) is 6.94.